The van der Waals surface area contributed by atoms with Gasteiger partial charge in [-0.1, -0.05) is 0 Å². The summed E-state index contributed by atoms with van der Waals surface area (Å²) >= 11 is 0. The van der Waals surface area contributed by atoms with Crippen LogP contribution < -0.4 is 4.52 Å². The summed E-state index contributed by atoms with van der Waals surface area (Å²) in [5, 5.41) is 11.3. The molecule has 8 heteroatoms. The predicted octanol–water partition coefficient (Wildman–Crippen LogP) is 3.03. The molecule has 4 heterocycles. The fourth-order valence-electron chi connectivity index (χ4n) is 4.89. The van der Waals surface area contributed by atoms with Crippen LogP contribution in [-0.2, 0) is 0 Å². The summed E-state index contributed by atoms with van der Waals surface area (Å²) in [6, 6.07) is 6.15. The quantitative estimate of drug-likeness (QED) is 0.810. The van der Waals surface area contributed by atoms with E-state index in [9.17, 15) is 0 Å². The Balaban J connectivity index is 1.60. The Morgan fingerprint density at radius 2 is 1.35 bits per heavy atom. The van der Waals surface area contributed by atoms with Gasteiger partial charge in [-0.25, -0.2) is 0 Å². The molecule has 142 valence electrons. The molecule has 0 amide bonds. The van der Waals surface area contributed by atoms with E-state index in [2.05, 4.69) is 41.6 Å². The molecular formula is C18H29N6OP. The van der Waals surface area contributed by atoms with Crippen LogP contribution in [0.2, 0.25) is 0 Å². The van der Waals surface area contributed by atoms with Gasteiger partial charge >= 0.3 is 155 Å². The van der Waals surface area contributed by atoms with E-state index in [0.29, 0.717) is 0 Å². The normalized spacial score (nSPS) is 24.0. The molecule has 0 saturated carbocycles. The summed E-state index contributed by atoms with van der Waals surface area (Å²) in [4.78, 5) is 0. The molecule has 3 fully saturated rings. The number of hydrogen-bond donors (Lipinski definition) is 1. The molecule has 0 atom stereocenters. The van der Waals surface area contributed by atoms with E-state index in [4.69, 9.17) is 4.52 Å². The maximum absolute atomic E-state index is 7.12. The zero-order valence-electron chi connectivity index (χ0n) is 15.4. The number of aromatic amines is 1. The fraction of sp³-hybridized carbons (Fsp3) is 0.667. The average Bonchev–Trinajstić information content (AvgIpc) is 3.48. The Hall–Kier alpha value is -1.27. The van der Waals surface area contributed by atoms with Gasteiger partial charge in [0.05, 0.1) is 0 Å². The number of benzene rings is 1. The molecular weight excluding hydrogens is 347 g/mol. The monoisotopic (exact) mass is 376 g/mol. The van der Waals surface area contributed by atoms with E-state index in [-0.39, 0.29) is 0 Å². The first-order valence-electron chi connectivity index (χ1n) is 10.1. The molecule has 3 aliphatic rings. The van der Waals surface area contributed by atoms with Gasteiger partial charge in [-0.05, 0) is 0 Å². The SMILES string of the molecule is c1cc(O[PH](N2CCCC2)(N2CCCC2)N2CCCC2)c2nn[nH]c2c1. The molecule has 1 aromatic carbocycles. The van der Waals surface area contributed by atoms with E-state index < -0.39 is 7.94 Å². The van der Waals surface area contributed by atoms with Gasteiger partial charge in [0.25, 0.3) is 0 Å². The van der Waals surface area contributed by atoms with Gasteiger partial charge < -0.3 is 0 Å². The van der Waals surface area contributed by atoms with Gasteiger partial charge in [0.2, 0.25) is 0 Å². The van der Waals surface area contributed by atoms with Crippen molar-refractivity contribution in [3.05, 3.63) is 18.2 Å². The fourth-order valence-corrected chi connectivity index (χ4v) is 9.64. The molecule has 0 unspecified atom stereocenters. The summed E-state index contributed by atoms with van der Waals surface area (Å²) in [7, 11) is -2.41. The van der Waals surface area contributed by atoms with Crippen LogP contribution in [0, 0.1) is 0 Å². The van der Waals surface area contributed by atoms with Crippen molar-refractivity contribution in [2.75, 3.05) is 39.3 Å². The number of rotatable bonds is 5. The van der Waals surface area contributed by atoms with Gasteiger partial charge in [-0.15, -0.1) is 0 Å². The summed E-state index contributed by atoms with van der Waals surface area (Å²) < 4.78 is 15.3. The standard InChI is InChI=1S/C18H29N6OP/c1-2-11-22(10-1)26(23-12-3-4-13-23,24-14-5-6-15-24)25-17-9-7-8-16-18(17)20-21-19-16/h7-9,26H,1-6,10-15H2,(H,19,20,21). The first-order chi connectivity index (χ1) is 12.9. The van der Waals surface area contributed by atoms with Crippen LogP contribution >= 0.6 is 7.94 Å². The second-order valence-corrected chi connectivity index (χ2v) is 11.0. The zero-order valence-corrected chi connectivity index (χ0v) is 16.4. The molecule has 5 rings (SSSR count). The number of nitrogens with one attached hydrogen (secondary N) is 1. The Bertz CT molecular complexity index is 708. The van der Waals surface area contributed by atoms with Gasteiger partial charge in [0.1, 0.15) is 0 Å². The molecule has 2 aromatic rings. The van der Waals surface area contributed by atoms with E-state index in [1.165, 1.54) is 38.5 Å². The average molecular weight is 376 g/mol. The summed E-state index contributed by atoms with van der Waals surface area (Å²) in [5.41, 5.74) is 1.82. The third-order valence-corrected chi connectivity index (χ3v) is 10.4. The molecule has 1 aromatic heterocycles. The number of hydrogen-bond acceptors (Lipinski definition) is 6. The van der Waals surface area contributed by atoms with Crippen LogP contribution in [0.1, 0.15) is 38.5 Å². The number of nitrogens with zero attached hydrogens (tertiary/aromatic N) is 5. The van der Waals surface area contributed by atoms with Crippen molar-refractivity contribution in [3.8, 4) is 5.75 Å². The van der Waals surface area contributed by atoms with E-state index in [1.54, 1.807) is 0 Å². The third-order valence-electron chi connectivity index (χ3n) is 6.12. The predicted molar refractivity (Wildman–Crippen MR) is 105 cm³/mol. The van der Waals surface area contributed by atoms with Crippen molar-refractivity contribution < 1.29 is 4.52 Å². The van der Waals surface area contributed by atoms with Gasteiger partial charge in [0, 0.05) is 0 Å². The Kier molecular flexibility index (Phi) is 4.57. The topological polar surface area (TPSA) is 60.5 Å². The Labute approximate surface area is 155 Å². The molecule has 0 spiro atoms. The molecule has 26 heavy (non-hydrogen) atoms. The van der Waals surface area contributed by atoms with Crippen molar-refractivity contribution in [1.29, 1.82) is 0 Å². The Morgan fingerprint density at radius 3 is 1.88 bits per heavy atom. The second-order valence-electron chi connectivity index (χ2n) is 7.72. The zero-order chi connectivity index (χ0) is 17.4. The molecule has 7 nitrogen and oxygen atoms in total. The van der Waals surface area contributed by atoms with Crippen LogP contribution in [0.4, 0.5) is 0 Å². The molecule has 0 bridgehead atoms. The van der Waals surface area contributed by atoms with Gasteiger partial charge in [-0.3, -0.25) is 0 Å². The van der Waals surface area contributed by atoms with Crippen molar-refractivity contribution in [3.63, 3.8) is 0 Å². The molecule has 0 aliphatic carbocycles. The van der Waals surface area contributed by atoms with E-state index >= 15 is 0 Å². The van der Waals surface area contributed by atoms with Crippen LogP contribution in [-0.4, -0.2) is 68.7 Å². The first-order valence-corrected chi connectivity index (χ1v) is 11.9. The molecule has 0 radical (unpaired) electrons. The molecule has 3 aliphatic heterocycles. The van der Waals surface area contributed by atoms with Crippen LogP contribution in [0.3, 0.4) is 0 Å². The van der Waals surface area contributed by atoms with Gasteiger partial charge in [0.15, 0.2) is 0 Å². The van der Waals surface area contributed by atoms with Crippen molar-refractivity contribution in [1.82, 2.24) is 29.4 Å². The van der Waals surface area contributed by atoms with Crippen LogP contribution in [0.15, 0.2) is 18.2 Å². The molecule has 1 N–H and O–H groups in total. The van der Waals surface area contributed by atoms with Gasteiger partial charge in [-0.2, -0.15) is 0 Å². The number of fused-ring (bicyclic) bond motifs is 1. The number of H-pyrrole nitrogens is 1. The van der Waals surface area contributed by atoms with Crippen LogP contribution in [0.5, 0.6) is 5.75 Å². The minimum atomic E-state index is -2.41. The second kappa shape index (κ2) is 7.04. The first kappa shape index (κ1) is 16.9. The summed E-state index contributed by atoms with van der Waals surface area (Å²) in [6.45, 7) is 6.96. The number of aromatic nitrogens is 3. The summed E-state index contributed by atoms with van der Waals surface area (Å²) in [5.74, 6) is 0.897. The van der Waals surface area contributed by atoms with E-state index in [0.717, 1.165) is 56.1 Å². The molecule has 3 saturated heterocycles. The Morgan fingerprint density at radius 1 is 0.808 bits per heavy atom. The van der Waals surface area contributed by atoms with Crippen molar-refractivity contribution in [2.45, 2.75) is 38.5 Å². The summed E-state index contributed by atoms with van der Waals surface area (Å²) in [6.07, 6.45) is 7.71. The third kappa shape index (κ3) is 2.73. The van der Waals surface area contributed by atoms with E-state index in [1.807, 2.05) is 6.07 Å². The van der Waals surface area contributed by atoms with Crippen molar-refractivity contribution >= 4 is 19.0 Å². The maximum atomic E-state index is 7.12. The minimum absolute atomic E-state index is 0.863. The van der Waals surface area contributed by atoms with Crippen LogP contribution in [0.25, 0.3) is 11.0 Å². The van der Waals surface area contributed by atoms with Crippen molar-refractivity contribution in [2.24, 2.45) is 0 Å².